The summed E-state index contributed by atoms with van der Waals surface area (Å²) in [6, 6.07) is 9.03. The molecule has 2 aliphatic rings. The first-order valence-corrected chi connectivity index (χ1v) is 14.1. The van der Waals surface area contributed by atoms with Gasteiger partial charge < -0.3 is 15.0 Å². The third-order valence-corrected chi connectivity index (χ3v) is 8.58. The van der Waals surface area contributed by atoms with Gasteiger partial charge in [-0.1, -0.05) is 32.0 Å². The molecule has 1 aromatic carbocycles. The van der Waals surface area contributed by atoms with Gasteiger partial charge in [-0.25, -0.2) is 28.2 Å². The van der Waals surface area contributed by atoms with Gasteiger partial charge in [0.1, 0.15) is 12.1 Å². The number of amides is 2. The number of nitrogens with one attached hydrogen (secondary N) is 1. The SMILES string of the molecule is CC(C)CC(NC(=O)Oc1cnc2ccccc2n1)C(=O)N1CCC2C1C(=O)CN2S(=O)(=O)c1ccccn1. The maximum atomic E-state index is 13.7. The standard InChI is InChI=1S/C26H28N6O6S/c1-16(2)13-19(30-26(35)38-22-14-28-17-7-3-4-8-18(17)29-22)25(34)31-12-10-20-24(31)21(33)15-32(20)39(36,37)23-9-5-6-11-27-23/h3-9,11,14,16,19-20,24H,10,12-13,15H2,1-2H3,(H,30,35). The van der Waals surface area contributed by atoms with E-state index in [1.807, 2.05) is 19.9 Å². The van der Waals surface area contributed by atoms with Gasteiger partial charge in [0, 0.05) is 12.7 Å². The fourth-order valence-corrected chi connectivity index (χ4v) is 6.67. The number of pyridine rings is 1. The van der Waals surface area contributed by atoms with Crippen molar-refractivity contribution in [2.24, 2.45) is 5.92 Å². The summed E-state index contributed by atoms with van der Waals surface area (Å²) < 4.78 is 32.8. The number of rotatable bonds is 7. The van der Waals surface area contributed by atoms with E-state index in [1.165, 1.54) is 23.4 Å². The van der Waals surface area contributed by atoms with E-state index in [9.17, 15) is 22.8 Å². The number of carbonyl (C=O) groups is 3. The van der Waals surface area contributed by atoms with Crippen LogP contribution in [0.1, 0.15) is 26.7 Å². The van der Waals surface area contributed by atoms with Crippen LogP contribution in [0.3, 0.4) is 0 Å². The largest absolute Gasteiger partial charge is 0.414 e. The van der Waals surface area contributed by atoms with Crippen LogP contribution in [0.2, 0.25) is 0 Å². The highest BCUT2D eigenvalue weighted by molar-refractivity contribution is 7.89. The van der Waals surface area contributed by atoms with E-state index in [0.29, 0.717) is 17.5 Å². The van der Waals surface area contributed by atoms with E-state index in [-0.39, 0.29) is 42.1 Å². The Labute approximate surface area is 225 Å². The van der Waals surface area contributed by atoms with Crippen LogP contribution < -0.4 is 10.1 Å². The van der Waals surface area contributed by atoms with Crippen LogP contribution in [0.5, 0.6) is 5.88 Å². The van der Waals surface area contributed by atoms with Crippen LogP contribution in [-0.4, -0.2) is 81.6 Å². The second-order valence-electron chi connectivity index (χ2n) is 9.93. The lowest BCUT2D eigenvalue weighted by Gasteiger charge is -2.28. The molecule has 3 atom stereocenters. The summed E-state index contributed by atoms with van der Waals surface area (Å²) in [5, 5.41) is 2.46. The summed E-state index contributed by atoms with van der Waals surface area (Å²) in [5.74, 6) is -0.839. The summed E-state index contributed by atoms with van der Waals surface area (Å²) >= 11 is 0. The molecule has 3 unspecified atom stereocenters. The van der Waals surface area contributed by atoms with Crippen LogP contribution >= 0.6 is 0 Å². The summed E-state index contributed by atoms with van der Waals surface area (Å²) in [6.07, 6.45) is 2.39. The number of fused-ring (bicyclic) bond motifs is 2. The maximum Gasteiger partial charge on any atom is 0.414 e. The highest BCUT2D eigenvalue weighted by Gasteiger charge is 2.54. The number of sulfonamides is 1. The molecule has 0 radical (unpaired) electrons. The average Bonchev–Trinajstić information content (AvgIpc) is 3.49. The molecule has 2 aliphatic heterocycles. The van der Waals surface area contributed by atoms with Crippen LogP contribution in [0.25, 0.3) is 11.0 Å². The molecule has 0 bridgehead atoms. The molecule has 3 aromatic rings. The highest BCUT2D eigenvalue weighted by Crippen LogP contribution is 2.34. The first-order valence-electron chi connectivity index (χ1n) is 12.6. The van der Waals surface area contributed by atoms with Crippen LogP contribution in [0, 0.1) is 5.92 Å². The number of carbonyl (C=O) groups excluding carboxylic acids is 3. The van der Waals surface area contributed by atoms with Crippen molar-refractivity contribution in [1.82, 2.24) is 29.5 Å². The number of Topliss-reactive ketones (excluding diaryl/α,β-unsaturated/α-hetero) is 1. The Balaban J connectivity index is 1.31. The van der Waals surface area contributed by atoms with E-state index in [2.05, 4.69) is 20.3 Å². The number of hydrogen-bond acceptors (Lipinski definition) is 9. The van der Waals surface area contributed by atoms with Gasteiger partial charge in [0.2, 0.25) is 11.8 Å². The molecule has 2 amide bonds. The first kappa shape index (κ1) is 26.6. The van der Waals surface area contributed by atoms with Crippen molar-refractivity contribution in [1.29, 1.82) is 0 Å². The zero-order valence-electron chi connectivity index (χ0n) is 21.4. The predicted molar refractivity (Wildman–Crippen MR) is 139 cm³/mol. The maximum absolute atomic E-state index is 13.7. The Kier molecular flexibility index (Phi) is 7.28. The van der Waals surface area contributed by atoms with Crippen molar-refractivity contribution in [3.8, 4) is 5.88 Å². The number of nitrogens with zero attached hydrogens (tertiary/aromatic N) is 5. The zero-order chi connectivity index (χ0) is 27.7. The fourth-order valence-electron chi connectivity index (χ4n) is 5.11. The summed E-state index contributed by atoms with van der Waals surface area (Å²) in [4.78, 5) is 53.2. The molecule has 39 heavy (non-hydrogen) atoms. The van der Waals surface area contributed by atoms with E-state index >= 15 is 0 Å². The number of para-hydroxylation sites is 2. The quantitative estimate of drug-likeness (QED) is 0.462. The molecule has 1 N–H and O–H groups in total. The lowest BCUT2D eigenvalue weighted by molar-refractivity contribution is -0.138. The van der Waals surface area contributed by atoms with Gasteiger partial charge in [0.25, 0.3) is 10.0 Å². The number of ketones is 1. The molecule has 2 fully saturated rings. The van der Waals surface area contributed by atoms with Gasteiger partial charge in [0.05, 0.1) is 29.8 Å². The van der Waals surface area contributed by atoms with E-state index in [0.717, 1.165) is 4.31 Å². The molecule has 0 aliphatic carbocycles. The second kappa shape index (κ2) is 10.7. The summed E-state index contributed by atoms with van der Waals surface area (Å²) in [6.45, 7) is 3.63. The molecule has 0 saturated carbocycles. The molecule has 4 heterocycles. The third-order valence-electron chi connectivity index (χ3n) is 6.79. The van der Waals surface area contributed by atoms with Crippen LogP contribution in [-0.2, 0) is 19.6 Å². The normalized spacial score (nSPS) is 20.3. The second-order valence-corrected chi connectivity index (χ2v) is 11.8. The van der Waals surface area contributed by atoms with Gasteiger partial charge in [-0.15, -0.1) is 0 Å². The molecule has 0 spiro atoms. The number of hydrogen-bond donors (Lipinski definition) is 1. The van der Waals surface area contributed by atoms with Crippen molar-refractivity contribution >= 4 is 38.8 Å². The number of likely N-dealkylation sites (tertiary alicyclic amines) is 1. The third kappa shape index (κ3) is 5.32. The van der Waals surface area contributed by atoms with Gasteiger partial charge in [-0.2, -0.15) is 4.31 Å². The van der Waals surface area contributed by atoms with E-state index in [1.54, 1.807) is 30.3 Å². The Morgan fingerprint density at radius 3 is 2.56 bits per heavy atom. The Bertz CT molecular complexity index is 1520. The minimum absolute atomic E-state index is 0.0236. The molecule has 12 nitrogen and oxygen atoms in total. The van der Waals surface area contributed by atoms with Crippen molar-refractivity contribution in [3.05, 3.63) is 54.9 Å². The molecule has 204 valence electrons. The Morgan fingerprint density at radius 1 is 1.10 bits per heavy atom. The number of aromatic nitrogens is 3. The summed E-state index contributed by atoms with van der Waals surface area (Å²) in [7, 11) is -4.02. The van der Waals surface area contributed by atoms with Gasteiger partial charge >= 0.3 is 6.09 Å². The predicted octanol–water partition coefficient (Wildman–Crippen LogP) is 1.77. The molecular weight excluding hydrogens is 524 g/mol. The van der Waals surface area contributed by atoms with Crippen molar-refractivity contribution in [2.75, 3.05) is 13.1 Å². The average molecular weight is 553 g/mol. The van der Waals surface area contributed by atoms with Crippen LogP contribution in [0.15, 0.2) is 59.9 Å². The number of ether oxygens (including phenoxy) is 1. The Hall–Kier alpha value is -3.97. The van der Waals surface area contributed by atoms with Crippen molar-refractivity contribution in [2.45, 2.75) is 49.8 Å². The molecule has 2 saturated heterocycles. The van der Waals surface area contributed by atoms with Gasteiger partial charge in [-0.05, 0) is 43.0 Å². The smallest absolute Gasteiger partial charge is 0.390 e. The van der Waals surface area contributed by atoms with E-state index < -0.39 is 40.1 Å². The van der Waals surface area contributed by atoms with E-state index in [4.69, 9.17) is 4.74 Å². The molecule has 13 heteroatoms. The summed E-state index contributed by atoms with van der Waals surface area (Å²) in [5.41, 5.74) is 1.19. The number of benzene rings is 1. The van der Waals surface area contributed by atoms with Crippen molar-refractivity contribution in [3.63, 3.8) is 0 Å². The van der Waals surface area contributed by atoms with Gasteiger partial charge in [0.15, 0.2) is 10.8 Å². The lowest BCUT2D eigenvalue weighted by atomic mass is 10.0. The Morgan fingerprint density at radius 2 is 1.85 bits per heavy atom. The molecule has 2 aromatic heterocycles. The monoisotopic (exact) mass is 552 g/mol. The first-order chi connectivity index (χ1) is 18.6. The molecular formula is C26H28N6O6S. The van der Waals surface area contributed by atoms with Gasteiger partial charge in [-0.3, -0.25) is 9.59 Å². The molecule has 5 rings (SSSR count). The fraction of sp³-hybridized carbons (Fsp3) is 0.385. The topological polar surface area (TPSA) is 152 Å². The minimum Gasteiger partial charge on any atom is -0.390 e. The minimum atomic E-state index is -4.02. The highest BCUT2D eigenvalue weighted by atomic mass is 32.2. The van der Waals surface area contributed by atoms with Crippen LogP contribution in [0.4, 0.5) is 4.79 Å². The zero-order valence-corrected chi connectivity index (χ0v) is 22.2. The van der Waals surface area contributed by atoms with Crippen molar-refractivity contribution < 1.29 is 27.5 Å². The lowest BCUT2D eigenvalue weighted by Crippen LogP contribution is -2.53.